The Bertz CT molecular complexity index is 1180. The van der Waals surface area contributed by atoms with E-state index in [1.807, 2.05) is 37.3 Å². The summed E-state index contributed by atoms with van der Waals surface area (Å²) in [5.74, 6) is 0.886. The second-order valence-electron chi connectivity index (χ2n) is 8.55. The maximum Gasteiger partial charge on any atom is 0.263 e. The monoisotopic (exact) mass is 476 g/mol. The largest absolute Gasteiger partial charge is 0.497 e. The van der Waals surface area contributed by atoms with Crippen LogP contribution < -0.4 is 14.8 Å². The summed E-state index contributed by atoms with van der Waals surface area (Å²) in [6.07, 6.45) is 0.819. The minimum Gasteiger partial charge on any atom is -0.497 e. The molecule has 0 saturated heterocycles. The van der Waals surface area contributed by atoms with Crippen LogP contribution in [0.15, 0.2) is 66.7 Å². The fourth-order valence-electron chi connectivity index (χ4n) is 4.08. The third-order valence-electron chi connectivity index (χ3n) is 6.04. The lowest BCUT2D eigenvalue weighted by Gasteiger charge is -2.23. The number of rotatable bonds is 8. The first-order chi connectivity index (χ1) is 16.9. The first-order valence-electron chi connectivity index (χ1n) is 11.7. The van der Waals surface area contributed by atoms with Crippen LogP contribution in [0, 0.1) is 5.82 Å². The third-order valence-corrected chi connectivity index (χ3v) is 6.04. The molecule has 0 fully saturated rings. The second-order valence-corrected chi connectivity index (χ2v) is 8.55. The van der Waals surface area contributed by atoms with Crippen molar-refractivity contribution in [1.82, 2.24) is 4.90 Å². The average molecular weight is 477 g/mol. The molecule has 0 saturated carbocycles. The highest BCUT2D eigenvalue weighted by Crippen LogP contribution is 2.29. The highest BCUT2D eigenvalue weighted by atomic mass is 19.1. The van der Waals surface area contributed by atoms with Gasteiger partial charge < -0.3 is 19.7 Å². The lowest BCUT2D eigenvalue weighted by atomic mass is 10.1. The molecule has 4 rings (SSSR count). The van der Waals surface area contributed by atoms with Crippen LogP contribution in [0.3, 0.4) is 0 Å². The summed E-state index contributed by atoms with van der Waals surface area (Å²) >= 11 is 0. The van der Waals surface area contributed by atoms with E-state index in [4.69, 9.17) is 9.47 Å². The van der Waals surface area contributed by atoms with E-state index in [2.05, 4.69) is 5.32 Å². The zero-order valence-electron chi connectivity index (χ0n) is 19.9. The Morgan fingerprint density at radius 2 is 1.80 bits per heavy atom. The molecule has 1 atom stereocenters. The maximum atomic E-state index is 13.2. The Morgan fingerprint density at radius 3 is 2.49 bits per heavy atom. The lowest BCUT2D eigenvalue weighted by molar-refractivity contribution is -0.138. The predicted octanol–water partition coefficient (Wildman–Crippen LogP) is 4.76. The Morgan fingerprint density at radius 1 is 1.09 bits per heavy atom. The van der Waals surface area contributed by atoms with Gasteiger partial charge in [0, 0.05) is 24.3 Å². The Balaban J connectivity index is 1.46. The zero-order chi connectivity index (χ0) is 24.8. The normalized spacial score (nSPS) is 15.1. The number of methoxy groups -OCH3 is 1. The molecule has 1 heterocycles. The molecule has 6 nitrogen and oxygen atoms in total. The molecule has 0 aromatic heterocycles. The van der Waals surface area contributed by atoms with Crippen molar-refractivity contribution in [2.45, 2.75) is 38.8 Å². The van der Waals surface area contributed by atoms with Crippen LogP contribution in [0.1, 0.15) is 30.0 Å². The number of benzene rings is 3. The fourth-order valence-corrected chi connectivity index (χ4v) is 4.08. The number of amides is 2. The summed E-state index contributed by atoms with van der Waals surface area (Å²) in [6.45, 7) is 2.77. The number of carbonyl (C=O) groups is 2. The molecule has 3 aromatic rings. The predicted molar refractivity (Wildman–Crippen MR) is 132 cm³/mol. The molecule has 0 unspecified atom stereocenters. The molecule has 3 aromatic carbocycles. The van der Waals surface area contributed by atoms with Crippen LogP contribution >= 0.6 is 0 Å². The van der Waals surface area contributed by atoms with Crippen molar-refractivity contribution in [3.05, 3.63) is 89.2 Å². The third kappa shape index (κ3) is 6.18. The number of nitrogens with zero attached hydrogens (tertiary/aromatic N) is 1. The van der Waals surface area contributed by atoms with Gasteiger partial charge in [0.25, 0.3) is 5.91 Å². The van der Waals surface area contributed by atoms with E-state index in [1.54, 1.807) is 36.3 Å². The summed E-state index contributed by atoms with van der Waals surface area (Å²) in [5.41, 5.74) is 3.31. The molecule has 182 valence electrons. The van der Waals surface area contributed by atoms with Crippen molar-refractivity contribution in [3.63, 3.8) is 0 Å². The number of hydrogen-bond donors (Lipinski definition) is 1. The van der Waals surface area contributed by atoms with E-state index in [9.17, 15) is 14.0 Å². The van der Waals surface area contributed by atoms with Gasteiger partial charge in [0.05, 0.1) is 13.5 Å². The molecule has 0 radical (unpaired) electrons. The van der Waals surface area contributed by atoms with Gasteiger partial charge in [-0.05, 0) is 66.4 Å². The van der Waals surface area contributed by atoms with E-state index in [1.165, 1.54) is 12.1 Å². The minimum atomic E-state index is -0.569. The lowest BCUT2D eigenvalue weighted by Crippen LogP contribution is -2.40. The van der Waals surface area contributed by atoms with Gasteiger partial charge in [0.1, 0.15) is 17.3 Å². The highest BCUT2D eigenvalue weighted by molar-refractivity contribution is 5.92. The minimum absolute atomic E-state index is 0.0732. The van der Waals surface area contributed by atoms with Gasteiger partial charge in [-0.2, -0.15) is 0 Å². The molecule has 7 heteroatoms. The van der Waals surface area contributed by atoms with Gasteiger partial charge in [-0.15, -0.1) is 0 Å². The van der Waals surface area contributed by atoms with Crippen molar-refractivity contribution < 1.29 is 23.5 Å². The highest BCUT2D eigenvalue weighted by Gasteiger charge is 2.29. The molecule has 0 bridgehead atoms. The van der Waals surface area contributed by atoms with Crippen LogP contribution in [0.2, 0.25) is 0 Å². The first-order valence-corrected chi connectivity index (χ1v) is 11.7. The average Bonchev–Trinajstić information content (AvgIpc) is 3.00. The van der Waals surface area contributed by atoms with E-state index < -0.39 is 6.10 Å². The van der Waals surface area contributed by atoms with Crippen LogP contribution in [0.4, 0.5) is 10.1 Å². The van der Waals surface area contributed by atoms with E-state index >= 15 is 0 Å². The smallest absolute Gasteiger partial charge is 0.263 e. The number of carbonyl (C=O) groups excluding carboxylic acids is 2. The van der Waals surface area contributed by atoms with E-state index in [-0.39, 0.29) is 24.1 Å². The summed E-state index contributed by atoms with van der Waals surface area (Å²) in [4.78, 5) is 27.5. The number of nitrogens with one attached hydrogen (secondary N) is 1. The van der Waals surface area contributed by atoms with Crippen LogP contribution in [0.25, 0.3) is 0 Å². The SMILES string of the molecule is CC[C@H]1Oc2ccc(NC(=O)Cc3ccc(OC)cc3)cc2CN(CCc2ccc(F)cc2)C1=O. The molecule has 0 spiro atoms. The second kappa shape index (κ2) is 11.0. The molecule has 1 N–H and O–H groups in total. The quantitative estimate of drug-likeness (QED) is 0.509. The van der Waals surface area contributed by atoms with Gasteiger partial charge >= 0.3 is 0 Å². The van der Waals surface area contributed by atoms with E-state index in [0.29, 0.717) is 37.4 Å². The Hall–Kier alpha value is -3.87. The zero-order valence-corrected chi connectivity index (χ0v) is 19.9. The summed E-state index contributed by atoms with van der Waals surface area (Å²) in [7, 11) is 1.60. The van der Waals surface area contributed by atoms with Crippen molar-refractivity contribution in [1.29, 1.82) is 0 Å². The number of fused-ring (bicyclic) bond motifs is 1. The number of anilines is 1. The van der Waals surface area contributed by atoms with Crippen LogP contribution in [0.5, 0.6) is 11.5 Å². The van der Waals surface area contributed by atoms with Crippen LogP contribution in [-0.2, 0) is 29.0 Å². The summed E-state index contributed by atoms with van der Waals surface area (Å²) in [6, 6.07) is 19.1. The molecule has 1 aliphatic rings. The number of hydrogen-bond acceptors (Lipinski definition) is 4. The topological polar surface area (TPSA) is 67.9 Å². The molecule has 35 heavy (non-hydrogen) atoms. The van der Waals surface area contributed by atoms with Gasteiger partial charge in [-0.1, -0.05) is 31.2 Å². The van der Waals surface area contributed by atoms with Gasteiger partial charge in [0.2, 0.25) is 5.91 Å². The molecular formula is C28H29FN2O4. The molecule has 1 aliphatic heterocycles. The van der Waals surface area contributed by atoms with Crippen LogP contribution in [-0.4, -0.2) is 36.5 Å². The fraction of sp³-hybridized carbons (Fsp3) is 0.286. The van der Waals surface area contributed by atoms with Gasteiger partial charge in [-0.25, -0.2) is 4.39 Å². The summed E-state index contributed by atoms with van der Waals surface area (Å²) < 4.78 is 24.4. The van der Waals surface area contributed by atoms with Gasteiger partial charge in [-0.3, -0.25) is 9.59 Å². The maximum absolute atomic E-state index is 13.2. The summed E-state index contributed by atoms with van der Waals surface area (Å²) in [5, 5.41) is 2.94. The first kappa shape index (κ1) is 24.3. The van der Waals surface area contributed by atoms with Crippen molar-refractivity contribution >= 4 is 17.5 Å². The van der Waals surface area contributed by atoms with Gasteiger partial charge in [0.15, 0.2) is 6.10 Å². The van der Waals surface area contributed by atoms with Crippen molar-refractivity contribution in [2.24, 2.45) is 0 Å². The standard InChI is InChI=1S/C28H29FN2O4/c1-3-25-28(33)31(15-14-19-4-8-22(29)9-5-19)18-21-17-23(10-13-26(21)35-25)30-27(32)16-20-6-11-24(34-2)12-7-20/h4-13,17,25H,3,14-16,18H2,1-2H3,(H,30,32)/t25-/m1/s1. The molecular weight excluding hydrogens is 447 g/mol. The molecule has 2 amide bonds. The van der Waals surface area contributed by atoms with Crippen molar-refractivity contribution in [2.75, 3.05) is 19.0 Å². The Labute approximate surface area is 204 Å². The number of ether oxygens (including phenoxy) is 2. The molecule has 0 aliphatic carbocycles. The van der Waals surface area contributed by atoms with E-state index in [0.717, 1.165) is 22.4 Å². The van der Waals surface area contributed by atoms with Crippen molar-refractivity contribution in [3.8, 4) is 11.5 Å². The Kier molecular flexibility index (Phi) is 7.65. The number of halogens is 1.